The predicted octanol–water partition coefficient (Wildman–Crippen LogP) is 3.84. The summed E-state index contributed by atoms with van der Waals surface area (Å²) >= 11 is 0. The van der Waals surface area contributed by atoms with Gasteiger partial charge in [-0.2, -0.15) is 5.23 Å². The van der Waals surface area contributed by atoms with Crippen LogP contribution in [-0.4, -0.2) is 22.5 Å². The van der Waals surface area contributed by atoms with E-state index in [2.05, 4.69) is 28.3 Å². The van der Waals surface area contributed by atoms with Crippen LogP contribution >= 0.6 is 0 Å². The third-order valence-electron chi connectivity index (χ3n) is 5.63. The summed E-state index contributed by atoms with van der Waals surface area (Å²) in [5.41, 5.74) is 5.08. The van der Waals surface area contributed by atoms with E-state index < -0.39 is 11.0 Å². The first-order valence-corrected chi connectivity index (χ1v) is 10.1. The van der Waals surface area contributed by atoms with Crippen LogP contribution in [0.2, 0.25) is 0 Å². The van der Waals surface area contributed by atoms with Crippen molar-refractivity contribution >= 4 is 28.6 Å². The summed E-state index contributed by atoms with van der Waals surface area (Å²) < 4.78 is 0. The van der Waals surface area contributed by atoms with Crippen molar-refractivity contribution in [2.24, 2.45) is 10.1 Å². The fourth-order valence-electron chi connectivity index (χ4n) is 4.08. The third kappa shape index (κ3) is 3.38. The topological polar surface area (TPSA) is 84.9 Å². The van der Waals surface area contributed by atoms with Crippen LogP contribution in [0.25, 0.3) is 0 Å². The fourth-order valence-corrected chi connectivity index (χ4v) is 4.08. The lowest BCUT2D eigenvalue weighted by Gasteiger charge is -2.33. The first-order valence-electron chi connectivity index (χ1n) is 10.1. The van der Waals surface area contributed by atoms with E-state index in [9.17, 15) is 10.4 Å². The Morgan fingerprint density at radius 2 is 1.77 bits per heavy atom. The molecule has 2 N–H and O–H groups in total. The van der Waals surface area contributed by atoms with E-state index in [-0.39, 0.29) is 5.69 Å². The Morgan fingerprint density at radius 1 is 1.03 bits per heavy atom. The van der Waals surface area contributed by atoms with Crippen molar-refractivity contribution in [1.82, 2.24) is 0 Å². The quantitative estimate of drug-likeness (QED) is 0.638. The largest absolute Gasteiger partial charge is 0.595 e. The van der Waals surface area contributed by atoms with Crippen molar-refractivity contribution in [3.05, 3.63) is 94.7 Å². The number of quaternary nitrogens is 1. The molecule has 7 heteroatoms. The maximum atomic E-state index is 11.2. The molecule has 0 fully saturated rings. The van der Waals surface area contributed by atoms with Gasteiger partial charge >= 0.3 is 0 Å². The summed E-state index contributed by atoms with van der Waals surface area (Å²) in [4.78, 5) is 13.1. The first-order chi connectivity index (χ1) is 14.9. The van der Waals surface area contributed by atoms with Crippen LogP contribution < -0.4 is 10.1 Å². The maximum absolute atomic E-state index is 11.2. The minimum absolute atomic E-state index is 0.229. The zero-order valence-corrected chi connectivity index (χ0v) is 17.2. The Bertz CT molecular complexity index is 1190. The van der Waals surface area contributed by atoms with Crippen LogP contribution in [0.3, 0.4) is 0 Å². The number of aryl methyl sites for hydroxylation is 1. The van der Waals surface area contributed by atoms with Gasteiger partial charge in [0.25, 0.3) is 0 Å². The molecule has 0 radical (unpaired) electrons. The van der Waals surface area contributed by atoms with Gasteiger partial charge in [-0.3, -0.25) is 9.89 Å². The molecule has 0 bridgehead atoms. The molecule has 0 spiro atoms. The van der Waals surface area contributed by atoms with Crippen molar-refractivity contribution in [3.8, 4) is 0 Å². The lowest BCUT2D eigenvalue weighted by molar-refractivity contribution is -0.991. The number of hydrogen-bond acceptors (Lipinski definition) is 6. The highest BCUT2D eigenvalue weighted by atomic mass is 16.8. The highest BCUT2D eigenvalue weighted by Crippen LogP contribution is 2.44. The molecule has 1 unspecified atom stereocenters. The molecule has 0 amide bonds. The normalized spacial score (nSPS) is 20.7. The standard InChI is InChI=1S/C24H22N4O3/c1-16-8-13-22-20(14-16)25-21(17-6-4-3-5-7-17)15-24(2)27(22)23(26-31-24)18-9-11-19(12-10-18)28(29)30/h3-14,28-29H,15H2,1-2H3/t24-/m0/s1. The van der Waals surface area contributed by atoms with E-state index in [1.807, 2.05) is 44.2 Å². The SMILES string of the molecule is Cc1ccc2c(c1)N=C(c1ccccc1)C[C@]1(C)ON=C(c3ccc([NH+]([O-])O)cc3)N21. The first kappa shape index (κ1) is 19.4. The molecule has 0 saturated heterocycles. The Kier molecular flexibility index (Phi) is 4.59. The molecule has 2 atom stereocenters. The molecule has 0 aliphatic carbocycles. The van der Waals surface area contributed by atoms with Crippen LogP contribution in [0.15, 0.2) is 82.9 Å². The summed E-state index contributed by atoms with van der Waals surface area (Å²) in [7, 11) is 0. The number of hydrogen-bond donors (Lipinski definition) is 2. The van der Waals surface area contributed by atoms with Gasteiger partial charge in [0, 0.05) is 17.7 Å². The zero-order chi connectivity index (χ0) is 21.6. The monoisotopic (exact) mass is 414 g/mol. The number of nitrogens with one attached hydrogen (secondary N) is 1. The molecule has 5 rings (SSSR count). The van der Waals surface area contributed by atoms with Crippen LogP contribution in [-0.2, 0) is 4.84 Å². The van der Waals surface area contributed by atoms with Crippen LogP contribution in [0.4, 0.5) is 17.1 Å². The Hall–Kier alpha value is -3.52. The molecule has 3 aromatic rings. The van der Waals surface area contributed by atoms with Crippen molar-refractivity contribution in [2.75, 3.05) is 4.90 Å². The molecular weight excluding hydrogens is 392 g/mol. The molecular formula is C24H22N4O3. The minimum atomic E-state index is -0.961. The summed E-state index contributed by atoms with van der Waals surface area (Å²) in [6.45, 7) is 4.05. The van der Waals surface area contributed by atoms with Gasteiger partial charge in [0.05, 0.1) is 23.5 Å². The highest BCUT2D eigenvalue weighted by Gasteiger charge is 2.46. The number of benzene rings is 3. The average Bonchev–Trinajstić information content (AvgIpc) is 3.04. The van der Waals surface area contributed by atoms with Gasteiger partial charge in [-0.05, 0) is 49.2 Å². The minimum Gasteiger partial charge on any atom is -0.595 e. The second-order valence-corrected chi connectivity index (χ2v) is 7.99. The summed E-state index contributed by atoms with van der Waals surface area (Å²) in [5, 5.41) is 23.9. The zero-order valence-electron chi connectivity index (χ0n) is 17.2. The maximum Gasteiger partial charge on any atom is 0.218 e. The summed E-state index contributed by atoms with van der Waals surface area (Å²) in [6, 6.07) is 22.9. The molecule has 2 aliphatic heterocycles. The lowest BCUT2D eigenvalue weighted by Crippen LogP contribution is -2.99. The smallest absolute Gasteiger partial charge is 0.218 e. The second kappa shape index (κ2) is 7.31. The van der Waals surface area contributed by atoms with Gasteiger partial charge in [-0.1, -0.05) is 41.6 Å². The number of nitrogens with zero attached hydrogens (tertiary/aromatic N) is 3. The average molecular weight is 414 g/mol. The Labute approximate surface area is 180 Å². The molecule has 2 heterocycles. The van der Waals surface area contributed by atoms with Crippen molar-refractivity contribution in [2.45, 2.75) is 26.0 Å². The number of aliphatic imine (C=N–C) groups is 1. The van der Waals surface area contributed by atoms with Gasteiger partial charge in [-0.15, -0.1) is 0 Å². The molecule has 0 aromatic heterocycles. The second-order valence-electron chi connectivity index (χ2n) is 7.99. The van der Waals surface area contributed by atoms with E-state index in [1.165, 1.54) is 0 Å². The number of fused-ring (bicyclic) bond motifs is 3. The predicted molar refractivity (Wildman–Crippen MR) is 119 cm³/mol. The van der Waals surface area contributed by atoms with Gasteiger partial charge in [0.15, 0.2) is 11.5 Å². The van der Waals surface area contributed by atoms with Crippen LogP contribution in [0.1, 0.15) is 30.0 Å². The van der Waals surface area contributed by atoms with Gasteiger partial charge in [0.2, 0.25) is 5.72 Å². The number of oxime groups is 1. The van der Waals surface area contributed by atoms with E-state index in [4.69, 9.17) is 9.83 Å². The summed E-state index contributed by atoms with van der Waals surface area (Å²) in [5.74, 6) is 0.633. The van der Waals surface area contributed by atoms with Crippen molar-refractivity contribution < 1.29 is 15.3 Å². The lowest BCUT2D eigenvalue weighted by atomic mass is 9.99. The van der Waals surface area contributed by atoms with E-state index in [0.717, 1.165) is 33.8 Å². The Morgan fingerprint density at radius 3 is 2.48 bits per heavy atom. The summed E-state index contributed by atoms with van der Waals surface area (Å²) in [6.07, 6.45) is 0.533. The molecule has 156 valence electrons. The van der Waals surface area contributed by atoms with Crippen molar-refractivity contribution in [1.29, 1.82) is 0 Å². The highest BCUT2D eigenvalue weighted by molar-refractivity contribution is 6.15. The molecule has 3 aromatic carbocycles. The van der Waals surface area contributed by atoms with E-state index >= 15 is 0 Å². The van der Waals surface area contributed by atoms with E-state index in [1.54, 1.807) is 24.3 Å². The van der Waals surface area contributed by atoms with Gasteiger partial charge in [0.1, 0.15) is 0 Å². The van der Waals surface area contributed by atoms with Gasteiger partial charge < -0.3 is 10.0 Å². The molecule has 31 heavy (non-hydrogen) atoms. The number of anilines is 1. The molecule has 2 aliphatic rings. The molecule has 7 nitrogen and oxygen atoms in total. The third-order valence-corrected chi connectivity index (χ3v) is 5.63. The van der Waals surface area contributed by atoms with Crippen LogP contribution in [0.5, 0.6) is 0 Å². The molecule has 0 saturated carbocycles. The van der Waals surface area contributed by atoms with E-state index in [0.29, 0.717) is 12.3 Å². The number of amidine groups is 1. The fraction of sp³-hybridized carbons (Fsp3) is 0.167. The Balaban J connectivity index is 1.62. The van der Waals surface area contributed by atoms with Crippen LogP contribution in [0, 0.1) is 12.1 Å². The van der Waals surface area contributed by atoms with Gasteiger partial charge in [-0.25, -0.2) is 5.21 Å². The number of rotatable bonds is 3. The van der Waals surface area contributed by atoms with Crippen molar-refractivity contribution in [3.63, 3.8) is 0 Å².